The van der Waals surface area contributed by atoms with Gasteiger partial charge in [-0.25, -0.2) is 4.57 Å². The summed E-state index contributed by atoms with van der Waals surface area (Å²) in [7, 11) is -4.17. The number of nitrogens with zero attached hydrogens (tertiary/aromatic N) is 3. The predicted molar refractivity (Wildman–Crippen MR) is 93.5 cm³/mol. The number of phosphoric ester groups is 1. The molecule has 0 amide bonds. The van der Waals surface area contributed by atoms with Gasteiger partial charge in [0.25, 0.3) is 0 Å². The second kappa shape index (κ2) is 7.62. The van der Waals surface area contributed by atoms with Crippen molar-refractivity contribution in [3.8, 4) is 0 Å². The Hall–Kier alpha value is -1.14. The van der Waals surface area contributed by atoms with Crippen molar-refractivity contribution >= 4 is 36.8 Å². The number of rotatable bonds is 5. The maximum atomic E-state index is 12.4. The highest BCUT2D eigenvalue weighted by Crippen LogP contribution is 2.35. The maximum absolute atomic E-state index is 12.4. The molecule has 1 aliphatic carbocycles. The molecule has 4 aliphatic rings. The smallest absolute Gasteiger partial charge is 0.365 e. The Bertz CT molecular complexity index is 676. The molecule has 0 unspecified atom stereocenters. The molecule has 0 saturated carbocycles. The number of carbonyl (C=O) groups is 2. The van der Waals surface area contributed by atoms with Crippen molar-refractivity contribution in [3.05, 3.63) is 23.2 Å². The van der Waals surface area contributed by atoms with Crippen LogP contribution >= 0.6 is 7.82 Å². The number of carbonyl (C=O) groups excluding carboxylic acids is 2. The molecular weight excluding hydrogens is 364 g/mol. The molecule has 0 spiro atoms. The Morgan fingerprint density at radius 3 is 1.84 bits per heavy atom. The first-order chi connectivity index (χ1) is 11.3. The van der Waals surface area contributed by atoms with Gasteiger partial charge in [-0.2, -0.15) is 0 Å². The molecule has 0 bridgehead atoms. The normalized spacial score (nSPS) is 21.4. The minimum atomic E-state index is -4.17. The third-order valence-corrected chi connectivity index (χ3v) is 4.38. The van der Waals surface area contributed by atoms with Crippen LogP contribution in [0.3, 0.4) is 0 Å². The van der Waals surface area contributed by atoms with Gasteiger partial charge in [0.2, 0.25) is 11.6 Å². The Balaban J connectivity index is 0.000000246. The third kappa shape index (κ3) is 5.17. The maximum Gasteiger partial charge on any atom is 0.469 e. The van der Waals surface area contributed by atoms with Gasteiger partial charge in [0, 0.05) is 45.3 Å². The quantitative estimate of drug-likeness (QED) is 0.242. The van der Waals surface area contributed by atoms with E-state index in [1.54, 1.807) is 0 Å². The molecule has 3 fully saturated rings. The molecule has 3 aliphatic heterocycles. The van der Waals surface area contributed by atoms with Gasteiger partial charge in [0.1, 0.15) is 11.4 Å². The van der Waals surface area contributed by atoms with Crippen molar-refractivity contribution in [2.24, 2.45) is 0 Å². The molecule has 4 rings (SSSR count). The van der Waals surface area contributed by atoms with Crippen LogP contribution in [0.5, 0.6) is 0 Å². The highest BCUT2D eigenvalue weighted by molar-refractivity contribution is 7.46. The van der Waals surface area contributed by atoms with Crippen molar-refractivity contribution in [2.45, 2.75) is 6.92 Å². The van der Waals surface area contributed by atoms with Crippen LogP contribution in [0, 0.1) is 0 Å². The van der Waals surface area contributed by atoms with Gasteiger partial charge >= 0.3 is 7.82 Å². The lowest BCUT2D eigenvalue weighted by molar-refractivity contribution is -0.117. The van der Waals surface area contributed by atoms with E-state index in [1.807, 2.05) is 14.7 Å². The molecule has 3 heterocycles. The van der Waals surface area contributed by atoms with Crippen molar-refractivity contribution < 1.29 is 28.5 Å². The summed E-state index contributed by atoms with van der Waals surface area (Å²) in [5.74, 6) is 0.0485. The lowest BCUT2D eigenvalue weighted by Gasteiger charge is -2.21. The first-order valence-corrected chi connectivity index (χ1v) is 9.35. The zero-order valence-corrected chi connectivity index (χ0v) is 14.2. The van der Waals surface area contributed by atoms with Crippen molar-refractivity contribution in [2.75, 3.05) is 45.9 Å². The van der Waals surface area contributed by atoms with E-state index in [-0.39, 0.29) is 35.5 Å². The Morgan fingerprint density at radius 1 is 1.00 bits per heavy atom. The van der Waals surface area contributed by atoms with E-state index >= 15 is 0 Å². The van der Waals surface area contributed by atoms with Crippen LogP contribution in [0.2, 0.25) is 0 Å². The predicted octanol–water partition coefficient (Wildman–Crippen LogP) is -1.89. The van der Waals surface area contributed by atoms with E-state index in [2.05, 4.69) is 4.52 Å². The largest absolute Gasteiger partial charge is 0.469 e. The van der Waals surface area contributed by atoms with Gasteiger partial charge in [0.05, 0.1) is 12.3 Å². The number of Topliss-reactive ketones (excluding diaryl/α,β-unsaturated/α-hetero) is 1. The molecule has 0 radical (unpaired) electrons. The van der Waals surface area contributed by atoms with Gasteiger partial charge in [-0.15, -0.1) is 0 Å². The van der Waals surface area contributed by atoms with E-state index in [1.165, 1.54) is 13.0 Å². The van der Waals surface area contributed by atoms with Gasteiger partial charge in [-0.05, 0) is 6.92 Å². The van der Waals surface area contributed by atoms with Crippen LogP contribution in [0.15, 0.2) is 23.2 Å². The number of allylic oxidation sites excluding steroid dienone is 1. The summed E-state index contributed by atoms with van der Waals surface area (Å²) < 4.78 is 13.6. The van der Waals surface area contributed by atoms with Crippen LogP contribution in [-0.2, 0) is 18.7 Å². The fourth-order valence-electron chi connectivity index (χ4n) is 2.44. The Kier molecular flexibility index (Phi) is 6.15. The monoisotopic (exact) mass is 387 g/mol. The highest BCUT2D eigenvalue weighted by Gasteiger charge is 2.43. The third-order valence-electron chi connectivity index (χ3n) is 3.79. The number of ketones is 2. The zero-order chi connectivity index (χ0) is 17.5. The lowest BCUT2D eigenvalue weighted by Crippen LogP contribution is -2.29. The minimum Gasteiger partial charge on any atom is -0.365 e. The topological polar surface area (TPSA) is 110 Å². The summed E-state index contributed by atoms with van der Waals surface area (Å²) in [6.45, 7) is 6.97. The molecule has 138 valence electrons. The molecule has 0 aromatic carbocycles. The van der Waals surface area contributed by atoms with Crippen LogP contribution in [0.25, 0.3) is 0 Å². The van der Waals surface area contributed by atoms with Crippen molar-refractivity contribution in [1.82, 2.24) is 14.7 Å². The van der Waals surface area contributed by atoms with Crippen LogP contribution < -0.4 is 0 Å². The standard InChI is InChI=1S/C12H13N3O2.C2H7O4P.Al.3H/c16-9-7-8(13-1-2-13)12(17)11(15-5-6-15)10(9)14-3-4-14;1-2-6-7(3,4)5;;;;/h7H,1-6H2;2H2,1H3,(H2,3,4,5);;;;. The first-order valence-electron chi connectivity index (χ1n) is 7.81. The van der Waals surface area contributed by atoms with E-state index < -0.39 is 7.82 Å². The molecule has 2 N–H and O–H groups in total. The second-order valence-corrected chi connectivity index (χ2v) is 7.03. The number of phosphoric acid groups is 1. The molecule has 0 aromatic heterocycles. The van der Waals surface area contributed by atoms with E-state index in [0.29, 0.717) is 17.1 Å². The summed E-state index contributed by atoms with van der Waals surface area (Å²) in [6.07, 6.45) is 1.52. The summed E-state index contributed by atoms with van der Waals surface area (Å²) in [5, 5.41) is 0. The lowest BCUT2D eigenvalue weighted by atomic mass is 10.0. The number of hydrogen-bond donors (Lipinski definition) is 2. The fraction of sp³-hybridized carbons (Fsp3) is 0.571. The molecular formula is C14H23AlN3O6P. The van der Waals surface area contributed by atoms with Gasteiger partial charge < -0.3 is 24.5 Å². The zero-order valence-electron chi connectivity index (χ0n) is 13.3. The van der Waals surface area contributed by atoms with Crippen LogP contribution in [-0.4, -0.2) is 99.3 Å². The first kappa shape index (κ1) is 20.2. The molecule has 9 nitrogen and oxygen atoms in total. The summed E-state index contributed by atoms with van der Waals surface area (Å²) in [5.41, 5.74) is 1.89. The Morgan fingerprint density at radius 2 is 1.48 bits per heavy atom. The number of hydrogen-bond acceptors (Lipinski definition) is 7. The summed E-state index contributed by atoms with van der Waals surface area (Å²) >= 11 is 0. The summed E-state index contributed by atoms with van der Waals surface area (Å²) in [4.78, 5) is 46.3. The SMILES string of the molecule is CCOP(=O)(O)O.O=C1C=C(N2CC2)C(=O)C(N2CC2)=C1N1CC1.[AlH3]. The van der Waals surface area contributed by atoms with Crippen LogP contribution in [0.4, 0.5) is 0 Å². The van der Waals surface area contributed by atoms with E-state index in [4.69, 9.17) is 9.79 Å². The molecule has 11 heteroatoms. The highest BCUT2D eigenvalue weighted by atomic mass is 31.2. The molecule has 0 aromatic rings. The van der Waals surface area contributed by atoms with Crippen LogP contribution in [0.1, 0.15) is 6.92 Å². The van der Waals surface area contributed by atoms with Gasteiger partial charge in [0.15, 0.2) is 17.4 Å². The molecule has 3 saturated heterocycles. The second-order valence-electron chi connectivity index (χ2n) is 5.79. The average Bonchev–Trinajstić information content (AvgIpc) is 3.36. The van der Waals surface area contributed by atoms with Crippen molar-refractivity contribution in [1.29, 1.82) is 0 Å². The van der Waals surface area contributed by atoms with Gasteiger partial charge in [-0.3, -0.25) is 14.1 Å². The molecule has 25 heavy (non-hydrogen) atoms. The minimum absolute atomic E-state index is 0. The van der Waals surface area contributed by atoms with E-state index in [0.717, 1.165) is 39.3 Å². The average molecular weight is 387 g/mol. The summed E-state index contributed by atoms with van der Waals surface area (Å²) in [6, 6.07) is 0. The van der Waals surface area contributed by atoms with Crippen molar-refractivity contribution in [3.63, 3.8) is 0 Å². The van der Waals surface area contributed by atoms with E-state index in [9.17, 15) is 14.2 Å². The molecule has 0 atom stereocenters. The van der Waals surface area contributed by atoms with Gasteiger partial charge in [-0.1, -0.05) is 0 Å². The Labute approximate surface area is 156 Å². The fourth-order valence-corrected chi connectivity index (χ4v) is 2.78.